The Labute approximate surface area is 86.8 Å². The molecule has 0 spiro atoms. The Morgan fingerprint density at radius 3 is 2.87 bits per heavy atom. The van der Waals surface area contributed by atoms with Crippen LogP contribution in [0.1, 0.15) is 11.1 Å². The van der Waals surface area contributed by atoms with Gasteiger partial charge in [0.1, 0.15) is 11.5 Å². The Balaban J connectivity index is 2.60. The van der Waals surface area contributed by atoms with E-state index in [0.29, 0.717) is 11.3 Å². The molecule has 0 amide bonds. The van der Waals surface area contributed by atoms with Gasteiger partial charge in [-0.2, -0.15) is 5.10 Å². The lowest BCUT2D eigenvalue weighted by Gasteiger charge is -2.07. The summed E-state index contributed by atoms with van der Waals surface area (Å²) >= 11 is 0. The highest BCUT2D eigenvalue weighted by atomic mass is 19.1. The van der Waals surface area contributed by atoms with Crippen LogP contribution in [0.15, 0.2) is 30.6 Å². The van der Waals surface area contributed by atoms with E-state index in [2.05, 4.69) is 5.10 Å². The van der Waals surface area contributed by atoms with E-state index in [1.165, 1.54) is 10.7 Å². The van der Waals surface area contributed by atoms with Gasteiger partial charge >= 0.3 is 0 Å². The third kappa shape index (κ3) is 1.76. The first-order valence-corrected chi connectivity index (χ1v) is 4.62. The molecule has 0 unspecified atom stereocenters. The minimum absolute atomic E-state index is 0.202. The van der Waals surface area contributed by atoms with Crippen LogP contribution in [0.4, 0.5) is 4.39 Å². The normalized spacial score (nSPS) is 10.6. The van der Waals surface area contributed by atoms with Crippen LogP contribution in [0, 0.1) is 12.7 Å². The summed E-state index contributed by atoms with van der Waals surface area (Å²) in [4.78, 5) is 0. The van der Waals surface area contributed by atoms with Crippen molar-refractivity contribution in [2.45, 2.75) is 13.5 Å². The highest BCUT2D eigenvalue weighted by molar-refractivity contribution is 5.41. The average Bonchev–Trinajstić information content (AvgIpc) is 2.64. The minimum atomic E-state index is -0.385. The van der Waals surface area contributed by atoms with E-state index in [4.69, 9.17) is 5.11 Å². The second-order valence-electron chi connectivity index (χ2n) is 3.37. The zero-order valence-corrected chi connectivity index (χ0v) is 8.31. The molecule has 3 nitrogen and oxygen atoms in total. The van der Waals surface area contributed by atoms with Crippen molar-refractivity contribution in [1.82, 2.24) is 9.78 Å². The van der Waals surface area contributed by atoms with Gasteiger partial charge in [-0.3, -0.25) is 0 Å². The van der Waals surface area contributed by atoms with Gasteiger partial charge in [-0.15, -0.1) is 0 Å². The maximum absolute atomic E-state index is 13.6. The molecule has 2 rings (SSSR count). The first-order valence-electron chi connectivity index (χ1n) is 4.62. The maximum atomic E-state index is 13.6. The summed E-state index contributed by atoms with van der Waals surface area (Å²) in [7, 11) is 0. The van der Waals surface area contributed by atoms with Crippen LogP contribution in [0.3, 0.4) is 0 Å². The van der Waals surface area contributed by atoms with Crippen molar-refractivity contribution in [1.29, 1.82) is 0 Å². The molecule has 4 heteroatoms. The molecule has 1 aromatic heterocycles. The summed E-state index contributed by atoms with van der Waals surface area (Å²) in [5, 5.41) is 13.1. The van der Waals surface area contributed by atoms with Gasteiger partial charge in [0, 0.05) is 11.8 Å². The number of aromatic nitrogens is 2. The second kappa shape index (κ2) is 3.82. The highest BCUT2D eigenvalue weighted by Gasteiger charge is 2.10. The van der Waals surface area contributed by atoms with Crippen LogP contribution in [0.5, 0.6) is 0 Å². The van der Waals surface area contributed by atoms with Crippen LogP contribution in [0.2, 0.25) is 0 Å². The third-order valence-corrected chi connectivity index (χ3v) is 2.18. The SMILES string of the molecule is Cc1cnn(-c2c(F)cccc2CO)c1. The largest absolute Gasteiger partial charge is 0.392 e. The monoisotopic (exact) mass is 206 g/mol. The zero-order chi connectivity index (χ0) is 10.8. The number of aryl methyl sites for hydroxylation is 1. The van der Waals surface area contributed by atoms with Crippen LogP contribution < -0.4 is 0 Å². The first-order chi connectivity index (χ1) is 7.22. The Morgan fingerprint density at radius 2 is 2.27 bits per heavy atom. The minimum Gasteiger partial charge on any atom is -0.392 e. The van der Waals surface area contributed by atoms with E-state index in [0.717, 1.165) is 5.56 Å². The summed E-state index contributed by atoms with van der Waals surface area (Å²) in [6, 6.07) is 4.60. The van der Waals surface area contributed by atoms with Crippen molar-refractivity contribution >= 4 is 0 Å². The summed E-state index contributed by atoms with van der Waals surface area (Å²) in [5.74, 6) is -0.385. The van der Waals surface area contributed by atoms with Gasteiger partial charge in [0.25, 0.3) is 0 Å². The molecule has 15 heavy (non-hydrogen) atoms. The number of hydrogen-bond acceptors (Lipinski definition) is 2. The van der Waals surface area contributed by atoms with Crippen molar-refractivity contribution in [2.24, 2.45) is 0 Å². The molecule has 78 valence electrons. The molecule has 0 saturated heterocycles. The molecule has 0 aliphatic heterocycles. The number of aliphatic hydroxyl groups excluding tert-OH is 1. The Kier molecular flexibility index (Phi) is 2.51. The van der Waals surface area contributed by atoms with Gasteiger partial charge in [0.2, 0.25) is 0 Å². The molecule has 0 bridgehead atoms. The Bertz CT molecular complexity index is 479. The van der Waals surface area contributed by atoms with Crippen molar-refractivity contribution in [3.05, 3.63) is 47.5 Å². The molecule has 0 aliphatic rings. The summed E-state index contributed by atoms with van der Waals surface area (Å²) in [6.07, 6.45) is 3.37. The fourth-order valence-electron chi connectivity index (χ4n) is 1.48. The molecule has 0 aliphatic carbocycles. The van der Waals surface area contributed by atoms with Crippen LogP contribution in [-0.2, 0) is 6.61 Å². The molecule has 1 aromatic carbocycles. The molecule has 0 saturated carbocycles. The average molecular weight is 206 g/mol. The zero-order valence-electron chi connectivity index (χ0n) is 8.31. The van der Waals surface area contributed by atoms with E-state index in [1.807, 2.05) is 6.92 Å². The Hall–Kier alpha value is -1.68. The van der Waals surface area contributed by atoms with E-state index in [-0.39, 0.29) is 12.4 Å². The lowest BCUT2D eigenvalue weighted by molar-refractivity contribution is 0.280. The molecular weight excluding hydrogens is 195 g/mol. The van der Waals surface area contributed by atoms with Crippen molar-refractivity contribution in [2.75, 3.05) is 0 Å². The number of nitrogens with zero attached hydrogens (tertiary/aromatic N) is 2. The van der Waals surface area contributed by atoms with Crippen molar-refractivity contribution in [3.63, 3.8) is 0 Å². The molecule has 0 atom stereocenters. The molecular formula is C11H11FN2O. The lowest BCUT2D eigenvalue weighted by atomic mass is 10.2. The van der Waals surface area contributed by atoms with Crippen LogP contribution in [0.25, 0.3) is 5.69 Å². The third-order valence-electron chi connectivity index (χ3n) is 2.18. The smallest absolute Gasteiger partial charge is 0.149 e. The predicted octanol–water partition coefficient (Wildman–Crippen LogP) is 1.81. The lowest BCUT2D eigenvalue weighted by Crippen LogP contribution is -2.03. The quantitative estimate of drug-likeness (QED) is 0.813. The first kappa shape index (κ1) is 9.86. The van der Waals surface area contributed by atoms with Crippen molar-refractivity contribution < 1.29 is 9.50 Å². The fourth-order valence-corrected chi connectivity index (χ4v) is 1.48. The number of benzene rings is 1. The van der Waals surface area contributed by atoms with Gasteiger partial charge < -0.3 is 5.11 Å². The van der Waals surface area contributed by atoms with Gasteiger partial charge in [0.15, 0.2) is 0 Å². The van der Waals surface area contributed by atoms with E-state index in [9.17, 15) is 4.39 Å². The van der Waals surface area contributed by atoms with E-state index >= 15 is 0 Å². The molecule has 1 heterocycles. The van der Waals surface area contributed by atoms with Crippen LogP contribution in [-0.4, -0.2) is 14.9 Å². The topological polar surface area (TPSA) is 38.0 Å². The fraction of sp³-hybridized carbons (Fsp3) is 0.182. The van der Waals surface area contributed by atoms with E-state index in [1.54, 1.807) is 24.5 Å². The number of aliphatic hydroxyl groups is 1. The summed E-state index contributed by atoms with van der Waals surface area (Å²) in [6.45, 7) is 1.68. The standard InChI is InChI=1S/C11H11FN2O/c1-8-5-13-14(6-8)11-9(7-15)3-2-4-10(11)12/h2-6,15H,7H2,1H3. The second-order valence-corrected chi connectivity index (χ2v) is 3.37. The molecule has 1 N–H and O–H groups in total. The summed E-state index contributed by atoms with van der Waals surface area (Å²) in [5.41, 5.74) is 1.79. The van der Waals surface area contributed by atoms with Gasteiger partial charge in [-0.25, -0.2) is 9.07 Å². The van der Waals surface area contributed by atoms with Gasteiger partial charge in [0.05, 0.1) is 12.8 Å². The van der Waals surface area contributed by atoms with Crippen molar-refractivity contribution in [3.8, 4) is 5.69 Å². The number of rotatable bonds is 2. The van der Waals surface area contributed by atoms with Gasteiger partial charge in [-0.1, -0.05) is 12.1 Å². The molecule has 0 fully saturated rings. The van der Waals surface area contributed by atoms with Gasteiger partial charge in [-0.05, 0) is 18.6 Å². The molecule has 0 radical (unpaired) electrons. The predicted molar refractivity (Wildman–Crippen MR) is 54.2 cm³/mol. The molecule has 2 aromatic rings. The maximum Gasteiger partial charge on any atom is 0.149 e. The number of halogens is 1. The van der Waals surface area contributed by atoms with E-state index < -0.39 is 0 Å². The highest BCUT2D eigenvalue weighted by Crippen LogP contribution is 2.18. The number of para-hydroxylation sites is 1. The Morgan fingerprint density at radius 1 is 1.47 bits per heavy atom. The summed E-state index contributed by atoms with van der Waals surface area (Å²) < 4.78 is 15.0. The van der Waals surface area contributed by atoms with Crippen LogP contribution >= 0.6 is 0 Å². The number of hydrogen-bond donors (Lipinski definition) is 1.